The number of nitrogens with zero attached hydrogens (tertiary/aromatic N) is 1. The minimum Gasteiger partial charge on any atom is -0.508 e. The Kier molecular flexibility index (Phi) is 4.01. The molecule has 0 saturated heterocycles. The van der Waals surface area contributed by atoms with Crippen LogP contribution in [0.25, 0.3) is 15.3 Å². The molecule has 1 aromatic carbocycles. The van der Waals surface area contributed by atoms with E-state index in [0.29, 0.717) is 21.9 Å². The standard InChI is InChI=1S/C14H10FNO3S/c1-16-10-6-8(4-5-11(10)18-2)12-7-9(15)13(20-12)14(17)19-3/h4-7H,2-3H3. The fourth-order valence-electron chi connectivity index (χ4n) is 1.67. The van der Waals surface area contributed by atoms with Gasteiger partial charge < -0.3 is 9.47 Å². The van der Waals surface area contributed by atoms with E-state index in [1.807, 2.05) is 0 Å². The molecular formula is C14H10FNO3S. The molecule has 2 aromatic rings. The lowest BCUT2D eigenvalue weighted by Gasteiger charge is -2.04. The summed E-state index contributed by atoms with van der Waals surface area (Å²) in [6.45, 7) is 7.09. The molecule has 0 unspecified atom stereocenters. The zero-order chi connectivity index (χ0) is 14.7. The highest BCUT2D eigenvalue weighted by molar-refractivity contribution is 7.17. The van der Waals surface area contributed by atoms with Crippen molar-refractivity contribution in [1.29, 1.82) is 0 Å². The fraction of sp³-hybridized carbons (Fsp3) is 0.143. The zero-order valence-electron chi connectivity index (χ0n) is 10.8. The maximum absolute atomic E-state index is 13.7. The first-order valence-corrected chi connectivity index (χ1v) is 6.36. The molecule has 0 aliphatic heterocycles. The van der Waals surface area contributed by atoms with Crippen LogP contribution < -0.4 is 4.74 Å². The smallest absolute Gasteiger partial charge is 0.351 e. The van der Waals surface area contributed by atoms with Crippen molar-refractivity contribution in [2.75, 3.05) is 14.2 Å². The third-order valence-corrected chi connectivity index (χ3v) is 3.78. The lowest BCUT2D eigenvalue weighted by atomic mass is 10.1. The van der Waals surface area contributed by atoms with Gasteiger partial charge in [-0.15, -0.1) is 11.3 Å². The summed E-state index contributed by atoms with van der Waals surface area (Å²) in [5.41, 5.74) is 0.981. The predicted octanol–water partition coefficient (Wildman–Crippen LogP) is 3.90. The van der Waals surface area contributed by atoms with Gasteiger partial charge in [0.1, 0.15) is 16.4 Å². The normalized spacial score (nSPS) is 9.90. The van der Waals surface area contributed by atoms with Crippen LogP contribution in [-0.4, -0.2) is 20.2 Å². The number of methoxy groups -OCH3 is 2. The molecule has 1 aromatic heterocycles. The van der Waals surface area contributed by atoms with Crippen molar-refractivity contribution in [2.45, 2.75) is 0 Å². The third kappa shape index (κ3) is 2.49. The largest absolute Gasteiger partial charge is 0.508 e. The summed E-state index contributed by atoms with van der Waals surface area (Å²) in [6.07, 6.45) is 0. The first-order valence-electron chi connectivity index (χ1n) is 5.54. The number of hydrogen-bond acceptors (Lipinski definition) is 4. The molecule has 0 spiro atoms. The van der Waals surface area contributed by atoms with Gasteiger partial charge in [0.2, 0.25) is 5.69 Å². The first kappa shape index (κ1) is 14.0. The van der Waals surface area contributed by atoms with Crippen molar-refractivity contribution in [1.82, 2.24) is 0 Å². The molecule has 0 aliphatic carbocycles. The second-order valence-corrected chi connectivity index (χ2v) is 4.83. The number of esters is 1. The highest BCUT2D eigenvalue weighted by Crippen LogP contribution is 2.36. The van der Waals surface area contributed by atoms with E-state index in [4.69, 9.17) is 11.3 Å². The Balaban J connectivity index is 2.48. The quantitative estimate of drug-likeness (QED) is 0.636. The topological polar surface area (TPSA) is 39.9 Å². The molecular weight excluding hydrogens is 281 g/mol. The molecule has 0 fully saturated rings. The van der Waals surface area contributed by atoms with E-state index < -0.39 is 11.8 Å². The van der Waals surface area contributed by atoms with Gasteiger partial charge in [0.15, 0.2) is 0 Å². The molecule has 0 saturated carbocycles. The maximum Gasteiger partial charge on any atom is 0.351 e. The second kappa shape index (κ2) is 5.72. The molecule has 4 nitrogen and oxygen atoms in total. The average molecular weight is 291 g/mol. The number of hydrogen-bond donors (Lipinski definition) is 0. The van der Waals surface area contributed by atoms with Crippen LogP contribution in [0.2, 0.25) is 0 Å². The van der Waals surface area contributed by atoms with E-state index >= 15 is 0 Å². The molecule has 0 bridgehead atoms. The summed E-state index contributed by atoms with van der Waals surface area (Å²) in [5, 5.41) is 0. The number of carbonyl (C=O) groups is 1. The molecule has 0 radical (unpaired) electrons. The van der Waals surface area contributed by atoms with E-state index in [-0.39, 0.29) is 4.88 Å². The van der Waals surface area contributed by atoms with Gasteiger partial charge >= 0.3 is 5.97 Å². The molecule has 102 valence electrons. The molecule has 0 amide bonds. The number of carbonyl (C=O) groups excluding carboxylic acids is 1. The summed E-state index contributed by atoms with van der Waals surface area (Å²) in [4.78, 5) is 15.2. The Morgan fingerprint density at radius 3 is 2.70 bits per heavy atom. The van der Waals surface area contributed by atoms with Crippen molar-refractivity contribution in [2.24, 2.45) is 0 Å². The van der Waals surface area contributed by atoms with Crippen LogP contribution in [0.1, 0.15) is 9.67 Å². The number of benzene rings is 1. The van der Waals surface area contributed by atoms with Crippen LogP contribution in [0.4, 0.5) is 10.1 Å². The highest BCUT2D eigenvalue weighted by atomic mass is 32.1. The predicted molar refractivity (Wildman–Crippen MR) is 73.9 cm³/mol. The molecule has 0 atom stereocenters. The Bertz CT molecular complexity index is 703. The number of ether oxygens (including phenoxy) is 2. The van der Waals surface area contributed by atoms with Crippen molar-refractivity contribution in [3.05, 3.63) is 46.4 Å². The lowest BCUT2D eigenvalue weighted by molar-refractivity contribution is 0.0601. The Morgan fingerprint density at radius 1 is 1.35 bits per heavy atom. The van der Waals surface area contributed by atoms with Gasteiger partial charge in [-0.3, -0.25) is 0 Å². The number of rotatable bonds is 3. The van der Waals surface area contributed by atoms with E-state index in [2.05, 4.69) is 9.58 Å². The monoisotopic (exact) mass is 291 g/mol. The van der Waals surface area contributed by atoms with Crippen molar-refractivity contribution < 1.29 is 18.7 Å². The molecule has 1 heterocycles. The van der Waals surface area contributed by atoms with Gasteiger partial charge in [0.05, 0.1) is 20.8 Å². The summed E-state index contributed by atoms with van der Waals surface area (Å²) in [7, 11) is 2.68. The van der Waals surface area contributed by atoms with Crippen LogP contribution in [0.15, 0.2) is 24.3 Å². The van der Waals surface area contributed by atoms with Gasteiger partial charge in [-0.2, -0.15) is 0 Å². The third-order valence-electron chi connectivity index (χ3n) is 2.64. The van der Waals surface area contributed by atoms with Gasteiger partial charge in [-0.1, -0.05) is 6.07 Å². The minimum atomic E-state index is -0.710. The van der Waals surface area contributed by atoms with E-state index in [0.717, 1.165) is 11.3 Å². The molecule has 0 N–H and O–H groups in total. The Hall–Kier alpha value is -2.39. The van der Waals surface area contributed by atoms with Gasteiger partial charge in [-0.05, 0) is 23.8 Å². The average Bonchev–Trinajstić information content (AvgIpc) is 2.87. The lowest BCUT2D eigenvalue weighted by Crippen LogP contribution is -1.99. The summed E-state index contributed by atoms with van der Waals surface area (Å²) >= 11 is 0.985. The number of thiophene rings is 1. The molecule has 0 aliphatic rings. The SMILES string of the molecule is [C-]#[N+]c1cc(-c2cc(F)c(C(=O)OC)s2)ccc1OC. The minimum absolute atomic E-state index is 0.0809. The van der Waals surface area contributed by atoms with Crippen LogP contribution in [0, 0.1) is 12.4 Å². The van der Waals surface area contributed by atoms with E-state index in [1.54, 1.807) is 18.2 Å². The van der Waals surface area contributed by atoms with Crippen LogP contribution >= 0.6 is 11.3 Å². The van der Waals surface area contributed by atoms with Crippen LogP contribution in [0.3, 0.4) is 0 Å². The maximum atomic E-state index is 13.7. The summed E-state index contributed by atoms with van der Waals surface area (Å²) in [5.74, 6) is -0.885. The second-order valence-electron chi connectivity index (χ2n) is 3.78. The van der Waals surface area contributed by atoms with Crippen LogP contribution in [0.5, 0.6) is 5.75 Å². The highest BCUT2D eigenvalue weighted by Gasteiger charge is 2.18. The van der Waals surface area contributed by atoms with Gasteiger partial charge in [-0.25, -0.2) is 14.0 Å². The summed E-state index contributed by atoms with van der Waals surface area (Å²) < 4.78 is 23.2. The van der Waals surface area contributed by atoms with E-state index in [9.17, 15) is 9.18 Å². The Labute approximate surface area is 119 Å². The van der Waals surface area contributed by atoms with Crippen molar-refractivity contribution >= 4 is 23.0 Å². The molecule has 20 heavy (non-hydrogen) atoms. The Morgan fingerprint density at radius 2 is 2.10 bits per heavy atom. The number of halogens is 1. The first-order chi connectivity index (χ1) is 9.60. The van der Waals surface area contributed by atoms with Crippen molar-refractivity contribution in [3.63, 3.8) is 0 Å². The van der Waals surface area contributed by atoms with Gasteiger partial charge in [0.25, 0.3) is 0 Å². The molecule has 2 rings (SSSR count). The fourth-order valence-corrected chi connectivity index (χ4v) is 2.62. The van der Waals surface area contributed by atoms with Gasteiger partial charge in [0, 0.05) is 4.88 Å². The van der Waals surface area contributed by atoms with Crippen molar-refractivity contribution in [3.8, 4) is 16.2 Å². The molecule has 6 heteroatoms. The van der Waals surface area contributed by atoms with Crippen LogP contribution in [-0.2, 0) is 4.74 Å². The zero-order valence-corrected chi connectivity index (χ0v) is 11.6. The summed E-state index contributed by atoms with van der Waals surface area (Å²) in [6, 6.07) is 6.20. The van der Waals surface area contributed by atoms with E-state index in [1.165, 1.54) is 20.3 Å².